The maximum absolute atomic E-state index is 4.23. The third-order valence-corrected chi connectivity index (χ3v) is 3.44. The van der Waals surface area contributed by atoms with Crippen molar-refractivity contribution in [1.82, 2.24) is 9.78 Å². The van der Waals surface area contributed by atoms with Gasteiger partial charge in [-0.25, -0.2) is 0 Å². The molecule has 2 aromatic rings. The third kappa shape index (κ3) is 1.18. The Balaban J connectivity index is 2.97. The van der Waals surface area contributed by atoms with Crippen molar-refractivity contribution < 1.29 is 0 Å². The Morgan fingerprint density at radius 3 is 2.77 bits per heavy atom. The Kier molecular flexibility index (Phi) is 1.91. The summed E-state index contributed by atoms with van der Waals surface area (Å²) < 4.78 is 3.05. The molecule has 0 saturated carbocycles. The molecule has 2 rings (SSSR count). The molecule has 3 heteroatoms. The first-order valence-electron chi connectivity index (χ1n) is 4.18. The van der Waals surface area contributed by atoms with Crippen LogP contribution in [0.5, 0.6) is 0 Å². The molecule has 13 heavy (non-hydrogen) atoms. The summed E-state index contributed by atoms with van der Waals surface area (Å²) in [4.78, 5) is 0. The summed E-state index contributed by atoms with van der Waals surface area (Å²) in [6.45, 7) is 4.23. The molecule has 0 radical (unpaired) electrons. The Bertz CT molecular complexity index is 471. The number of rotatable bonds is 0. The van der Waals surface area contributed by atoms with E-state index in [9.17, 15) is 0 Å². The zero-order chi connectivity index (χ0) is 9.59. The van der Waals surface area contributed by atoms with Gasteiger partial charge in [-0.2, -0.15) is 5.10 Å². The SMILES string of the molecule is Cc1cc2cnn(C)c2c(Br)c1C. The van der Waals surface area contributed by atoms with Crippen LogP contribution in [-0.2, 0) is 7.05 Å². The highest BCUT2D eigenvalue weighted by molar-refractivity contribution is 9.10. The molecule has 0 aliphatic carbocycles. The summed E-state index contributed by atoms with van der Waals surface area (Å²) in [5.41, 5.74) is 3.76. The van der Waals surface area contributed by atoms with E-state index in [0.29, 0.717) is 0 Å². The lowest BCUT2D eigenvalue weighted by atomic mass is 10.1. The molecule has 0 spiro atoms. The molecule has 2 nitrogen and oxygen atoms in total. The lowest BCUT2D eigenvalue weighted by Crippen LogP contribution is -1.92. The summed E-state index contributed by atoms with van der Waals surface area (Å²) in [5.74, 6) is 0. The quantitative estimate of drug-likeness (QED) is 0.691. The topological polar surface area (TPSA) is 17.8 Å². The third-order valence-electron chi connectivity index (χ3n) is 2.47. The van der Waals surface area contributed by atoms with Gasteiger partial charge in [0.05, 0.1) is 11.7 Å². The van der Waals surface area contributed by atoms with Crippen LogP contribution < -0.4 is 0 Å². The van der Waals surface area contributed by atoms with Crippen LogP contribution in [0.2, 0.25) is 0 Å². The van der Waals surface area contributed by atoms with Crippen molar-refractivity contribution >= 4 is 26.8 Å². The van der Waals surface area contributed by atoms with Crippen molar-refractivity contribution in [3.63, 3.8) is 0 Å². The van der Waals surface area contributed by atoms with Crippen LogP contribution in [0, 0.1) is 13.8 Å². The highest BCUT2D eigenvalue weighted by atomic mass is 79.9. The van der Waals surface area contributed by atoms with Crippen LogP contribution >= 0.6 is 15.9 Å². The molecule has 1 heterocycles. The predicted molar refractivity (Wildman–Crippen MR) is 57.9 cm³/mol. The second kappa shape index (κ2) is 2.84. The average molecular weight is 239 g/mol. The summed E-state index contributed by atoms with van der Waals surface area (Å²) in [5, 5.41) is 5.42. The van der Waals surface area contributed by atoms with Gasteiger partial charge in [-0.15, -0.1) is 0 Å². The van der Waals surface area contributed by atoms with E-state index in [1.54, 1.807) is 0 Å². The van der Waals surface area contributed by atoms with E-state index in [1.807, 2.05) is 17.9 Å². The first-order chi connectivity index (χ1) is 6.11. The highest BCUT2D eigenvalue weighted by Gasteiger charge is 2.08. The first-order valence-corrected chi connectivity index (χ1v) is 4.98. The molecule has 1 aromatic carbocycles. The van der Waals surface area contributed by atoms with Gasteiger partial charge < -0.3 is 0 Å². The maximum Gasteiger partial charge on any atom is 0.0823 e. The van der Waals surface area contributed by atoms with Gasteiger partial charge in [0.15, 0.2) is 0 Å². The molecule has 0 saturated heterocycles. The first kappa shape index (κ1) is 8.75. The number of halogens is 1. The molecule has 0 fully saturated rings. The minimum atomic E-state index is 1.16. The van der Waals surface area contributed by atoms with E-state index in [0.717, 1.165) is 4.47 Å². The number of fused-ring (bicyclic) bond motifs is 1. The van der Waals surface area contributed by atoms with Crippen molar-refractivity contribution in [3.8, 4) is 0 Å². The number of nitrogens with zero attached hydrogens (tertiary/aromatic N) is 2. The number of hydrogen-bond donors (Lipinski definition) is 0. The summed E-state index contributed by atoms with van der Waals surface area (Å²) in [6, 6.07) is 2.17. The average Bonchev–Trinajstić information content (AvgIpc) is 2.43. The predicted octanol–water partition coefficient (Wildman–Crippen LogP) is 2.95. The molecule has 68 valence electrons. The van der Waals surface area contributed by atoms with Gasteiger partial charge in [0, 0.05) is 16.9 Å². The normalized spacial score (nSPS) is 11.1. The smallest absolute Gasteiger partial charge is 0.0823 e. The summed E-state index contributed by atoms with van der Waals surface area (Å²) in [6.07, 6.45) is 1.90. The number of benzene rings is 1. The molecule has 0 N–H and O–H groups in total. The Labute approximate surface area is 85.7 Å². The monoisotopic (exact) mass is 238 g/mol. The molecular formula is C10H11BrN2. The van der Waals surface area contributed by atoms with Crippen LogP contribution in [-0.4, -0.2) is 9.78 Å². The zero-order valence-electron chi connectivity index (χ0n) is 7.93. The lowest BCUT2D eigenvalue weighted by Gasteiger charge is -2.05. The van der Waals surface area contributed by atoms with Crippen molar-refractivity contribution in [2.24, 2.45) is 7.05 Å². The highest BCUT2D eigenvalue weighted by Crippen LogP contribution is 2.29. The van der Waals surface area contributed by atoms with E-state index in [4.69, 9.17) is 0 Å². The van der Waals surface area contributed by atoms with Crippen LogP contribution in [0.1, 0.15) is 11.1 Å². The van der Waals surface area contributed by atoms with Crippen molar-refractivity contribution in [1.29, 1.82) is 0 Å². The summed E-state index contributed by atoms with van der Waals surface area (Å²) in [7, 11) is 1.96. The van der Waals surface area contributed by atoms with Gasteiger partial charge in [-0.3, -0.25) is 4.68 Å². The fourth-order valence-electron chi connectivity index (χ4n) is 1.52. The molecule has 0 aliphatic heterocycles. The standard InChI is InChI=1S/C10H11BrN2/c1-6-4-8-5-12-13(3)10(8)9(11)7(6)2/h4-5H,1-3H3. The van der Waals surface area contributed by atoms with Crippen LogP contribution in [0.15, 0.2) is 16.7 Å². The van der Waals surface area contributed by atoms with Gasteiger partial charge in [-0.05, 0) is 47.0 Å². The fourth-order valence-corrected chi connectivity index (χ4v) is 2.32. The van der Waals surface area contributed by atoms with E-state index in [2.05, 4.69) is 40.9 Å². The fraction of sp³-hybridized carbons (Fsp3) is 0.300. The van der Waals surface area contributed by atoms with E-state index in [1.165, 1.54) is 22.0 Å². The molecule has 0 aliphatic rings. The van der Waals surface area contributed by atoms with Crippen LogP contribution in [0.3, 0.4) is 0 Å². The molecular weight excluding hydrogens is 228 g/mol. The lowest BCUT2D eigenvalue weighted by molar-refractivity contribution is 0.795. The van der Waals surface area contributed by atoms with Gasteiger partial charge in [0.1, 0.15) is 0 Å². The Morgan fingerprint density at radius 2 is 2.08 bits per heavy atom. The Morgan fingerprint density at radius 1 is 1.38 bits per heavy atom. The van der Waals surface area contributed by atoms with E-state index >= 15 is 0 Å². The number of aromatic nitrogens is 2. The minimum Gasteiger partial charge on any atom is -0.267 e. The molecule has 0 unspecified atom stereocenters. The second-order valence-electron chi connectivity index (χ2n) is 3.34. The van der Waals surface area contributed by atoms with Crippen LogP contribution in [0.25, 0.3) is 10.9 Å². The molecule has 1 aromatic heterocycles. The second-order valence-corrected chi connectivity index (χ2v) is 4.13. The number of hydrogen-bond acceptors (Lipinski definition) is 1. The van der Waals surface area contributed by atoms with Crippen molar-refractivity contribution in [3.05, 3.63) is 27.9 Å². The van der Waals surface area contributed by atoms with Crippen molar-refractivity contribution in [2.75, 3.05) is 0 Å². The van der Waals surface area contributed by atoms with E-state index in [-0.39, 0.29) is 0 Å². The molecule has 0 amide bonds. The van der Waals surface area contributed by atoms with Crippen LogP contribution in [0.4, 0.5) is 0 Å². The van der Waals surface area contributed by atoms with Gasteiger partial charge >= 0.3 is 0 Å². The molecule has 0 atom stereocenters. The van der Waals surface area contributed by atoms with Gasteiger partial charge in [0.2, 0.25) is 0 Å². The molecule has 0 bridgehead atoms. The Hall–Kier alpha value is -0.830. The van der Waals surface area contributed by atoms with Crippen molar-refractivity contribution in [2.45, 2.75) is 13.8 Å². The zero-order valence-corrected chi connectivity index (χ0v) is 9.51. The number of aryl methyl sites for hydroxylation is 2. The minimum absolute atomic E-state index is 1.16. The van der Waals surface area contributed by atoms with E-state index < -0.39 is 0 Å². The van der Waals surface area contributed by atoms with Gasteiger partial charge in [-0.1, -0.05) is 0 Å². The maximum atomic E-state index is 4.23. The summed E-state index contributed by atoms with van der Waals surface area (Å²) >= 11 is 3.60. The largest absolute Gasteiger partial charge is 0.267 e. The van der Waals surface area contributed by atoms with Gasteiger partial charge in [0.25, 0.3) is 0 Å².